The third-order valence-corrected chi connectivity index (χ3v) is 4.80. The predicted octanol–water partition coefficient (Wildman–Crippen LogP) is 3.10. The maximum absolute atomic E-state index is 6.30. The van der Waals surface area contributed by atoms with Crippen LogP contribution in [0.1, 0.15) is 35.7 Å². The minimum atomic E-state index is 0.313. The molecular weight excluding hydrogens is 190 g/mol. The lowest BCUT2D eigenvalue weighted by Gasteiger charge is -2.19. The molecule has 2 saturated carbocycles. The molecule has 1 heterocycles. The second kappa shape index (κ2) is 3.07. The number of thiophene rings is 1. The van der Waals surface area contributed by atoms with Gasteiger partial charge in [-0.15, -0.1) is 11.3 Å². The molecule has 2 aliphatic carbocycles. The number of fused-ring (bicyclic) bond motifs is 1. The zero-order valence-electron chi connectivity index (χ0n) is 8.57. The van der Waals surface area contributed by atoms with Gasteiger partial charge in [0.25, 0.3) is 0 Å². The molecule has 14 heavy (non-hydrogen) atoms. The van der Waals surface area contributed by atoms with Crippen LogP contribution in [0, 0.1) is 24.7 Å². The average molecular weight is 207 g/mol. The van der Waals surface area contributed by atoms with Crippen molar-refractivity contribution in [3.05, 3.63) is 21.9 Å². The van der Waals surface area contributed by atoms with Gasteiger partial charge in [-0.05, 0) is 60.9 Å². The molecule has 0 aromatic carbocycles. The fraction of sp³-hybridized carbons (Fsp3) is 0.667. The number of nitrogens with two attached hydrogens (primary N) is 1. The molecule has 2 N–H and O–H groups in total. The van der Waals surface area contributed by atoms with Gasteiger partial charge < -0.3 is 5.73 Å². The van der Waals surface area contributed by atoms with Gasteiger partial charge in [-0.25, -0.2) is 0 Å². The van der Waals surface area contributed by atoms with Gasteiger partial charge in [0.05, 0.1) is 0 Å². The normalized spacial score (nSPS) is 36.9. The van der Waals surface area contributed by atoms with Crippen molar-refractivity contribution in [2.45, 2.75) is 32.2 Å². The summed E-state index contributed by atoms with van der Waals surface area (Å²) in [7, 11) is 0. The van der Waals surface area contributed by atoms with Crippen LogP contribution in [0.15, 0.2) is 11.4 Å². The van der Waals surface area contributed by atoms with Gasteiger partial charge >= 0.3 is 0 Å². The SMILES string of the molecule is Cc1cc(C(N)C2CC3CC3C2)cs1. The molecule has 0 radical (unpaired) electrons. The molecule has 1 nitrogen and oxygen atoms in total. The molecule has 2 heteroatoms. The number of rotatable bonds is 2. The van der Waals surface area contributed by atoms with E-state index >= 15 is 0 Å². The van der Waals surface area contributed by atoms with Crippen LogP contribution < -0.4 is 5.73 Å². The van der Waals surface area contributed by atoms with E-state index in [0.29, 0.717) is 6.04 Å². The van der Waals surface area contributed by atoms with E-state index in [1.165, 1.54) is 29.7 Å². The van der Waals surface area contributed by atoms with Crippen molar-refractivity contribution in [2.75, 3.05) is 0 Å². The van der Waals surface area contributed by atoms with Gasteiger partial charge in [0.1, 0.15) is 0 Å². The molecule has 0 aliphatic heterocycles. The van der Waals surface area contributed by atoms with Crippen LogP contribution in [0.25, 0.3) is 0 Å². The quantitative estimate of drug-likeness (QED) is 0.792. The summed E-state index contributed by atoms with van der Waals surface area (Å²) in [5.74, 6) is 2.87. The first-order valence-electron chi connectivity index (χ1n) is 5.54. The minimum absolute atomic E-state index is 0.313. The van der Waals surface area contributed by atoms with Crippen LogP contribution in [-0.4, -0.2) is 0 Å². The van der Waals surface area contributed by atoms with Crippen molar-refractivity contribution in [3.63, 3.8) is 0 Å². The van der Waals surface area contributed by atoms with Crippen molar-refractivity contribution in [1.82, 2.24) is 0 Å². The molecule has 3 atom stereocenters. The van der Waals surface area contributed by atoms with Crippen molar-refractivity contribution in [1.29, 1.82) is 0 Å². The lowest BCUT2D eigenvalue weighted by atomic mass is 9.91. The molecular formula is C12H17NS. The van der Waals surface area contributed by atoms with E-state index < -0.39 is 0 Å². The van der Waals surface area contributed by atoms with Crippen LogP contribution in [0.5, 0.6) is 0 Å². The summed E-state index contributed by atoms with van der Waals surface area (Å²) in [6.45, 7) is 2.16. The Morgan fingerprint density at radius 1 is 1.36 bits per heavy atom. The van der Waals surface area contributed by atoms with Gasteiger partial charge in [0, 0.05) is 10.9 Å². The Bertz CT molecular complexity index is 334. The molecule has 1 aromatic heterocycles. The first kappa shape index (κ1) is 8.93. The van der Waals surface area contributed by atoms with E-state index in [1.54, 1.807) is 0 Å². The summed E-state index contributed by atoms with van der Waals surface area (Å²) in [6.07, 6.45) is 4.27. The fourth-order valence-electron chi connectivity index (χ4n) is 2.97. The summed E-state index contributed by atoms with van der Waals surface area (Å²) in [4.78, 5) is 1.39. The first-order valence-corrected chi connectivity index (χ1v) is 6.42. The van der Waals surface area contributed by atoms with E-state index in [1.807, 2.05) is 11.3 Å². The highest BCUT2D eigenvalue weighted by Crippen LogP contribution is 2.56. The lowest BCUT2D eigenvalue weighted by molar-refractivity contribution is 0.405. The van der Waals surface area contributed by atoms with Gasteiger partial charge in [0.2, 0.25) is 0 Å². The topological polar surface area (TPSA) is 26.0 Å². The molecule has 76 valence electrons. The summed E-state index contributed by atoms with van der Waals surface area (Å²) >= 11 is 1.82. The largest absolute Gasteiger partial charge is 0.324 e. The molecule has 3 rings (SSSR count). The van der Waals surface area contributed by atoms with Crippen LogP contribution >= 0.6 is 11.3 Å². The Morgan fingerprint density at radius 2 is 2.07 bits per heavy atom. The van der Waals surface area contributed by atoms with E-state index in [-0.39, 0.29) is 0 Å². The molecule has 2 aliphatic rings. The molecule has 3 unspecified atom stereocenters. The maximum atomic E-state index is 6.30. The standard InChI is InChI=1S/C12H17NS/c1-7-2-11(6-14-7)12(13)10-4-8-3-9(8)5-10/h2,6,8-10,12H,3-5,13H2,1H3. The van der Waals surface area contributed by atoms with Crippen LogP contribution in [-0.2, 0) is 0 Å². The molecule has 1 aromatic rings. The fourth-order valence-corrected chi connectivity index (χ4v) is 3.72. The van der Waals surface area contributed by atoms with E-state index in [4.69, 9.17) is 5.73 Å². The van der Waals surface area contributed by atoms with Gasteiger partial charge in [0.15, 0.2) is 0 Å². The van der Waals surface area contributed by atoms with Gasteiger partial charge in [-0.3, -0.25) is 0 Å². The van der Waals surface area contributed by atoms with Crippen molar-refractivity contribution < 1.29 is 0 Å². The average Bonchev–Trinajstić information content (AvgIpc) is 2.64. The monoisotopic (exact) mass is 207 g/mol. The smallest absolute Gasteiger partial charge is 0.0332 e. The first-order chi connectivity index (χ1) is 6.74. The van der Waals surface area contributed by atoms with Crippen LogP contribution in [0.2, 0.25) is 0 Å². The maximum Gasteiger partial charge on any atom is 0.0332 e. The Balaban J connectivity index is 1.72. The zero-order valence-corrected chi connectivity index (χ0v) is 9.39. The summed E-state index contributed by atoms with van der Waals surface area (Å²) < 4.78 is 0. The number of hydrogen-bond acceptors (Lipinski definition) is 2. The van der Waals surface area contributed by atoms with E-state index in [2.05, 4.69) is 18.4 Å². The molecule has 0 saturated heterocycles. The Hall–Kier alpha value is -0.340. The molecule has 0 amide bonds. The summed E-state index contributed by atoms with van der Waals surface area (Å²) in [5, 5.41) is 2.24. The lowest BCUT2D eigenvalue weighted by Crippen LogP contribution is -2.19. The Morgan fingerprint density at radius 3 is 2.64 bits per heavy atom. The van der Waals surface area contributed by atoms with Crippen molar-refractivity contribution >= 4 is 11.3 Å². The summed E-state index contributed by atoms with van der Waals surface area (Å²) in [6, 6.07) is 2.58. The molecule has 2 fully saturated rings. The van der Waals surface area contributed by atoms with Gasteiger partial charge in [-0.1, -0.05) is 0 Å². The third kappa shape index (κ3) is 1.41. The number of hydrogen-bond donors (Lipinski definition) is 1. The van der Waals surface area contributed by atoms with E-state index in [9.17, 15) is 0 Å². The van der Waals surface area contributed by atoms with Crippen molar-refractivity contribution in [2.24, 2.45) is 23.5 Å². The minimum Gasteiger partial charge on any atom is -0.324 e. The van der Waals surface area contributed by atoms with Crippen molar-refractivity contribution in [3.8, 4) is 0 Å². The number of aryl methyl sites for hydroxylation is 1. The molecule has 0 bridgehead atoms. The van der Waals surface area contributed by atoms with E-state index in [0.717, 1.165) is 17.8 Å². The van der Waals surface area contributed by atoms with Gasteiger partial charge in [-0.2, -0.15) is 0 Å². The highest BCUT2D eigenvalue weighted by atomic mass is 32.1. The second-order valence-corrected chi connectivity index (χ2v) is 6.12. The molecule has 0 spiro atoms. The summed E-state index contributed by atoms with van der Waals surface area (Å²) in [5.41, 5.74) is 7.68. The predicted molar refractivity (Wildman–Crippen MR) is 60.3 cm³/mol. The highest BCUT2D eigenvalue weighted by molar-refractivity contribution is 7.10. The third-order valence-electron chi connectivity index (χ3n) is 3.92. The second-order valence-electron chi connectivity index (χ2n) is 5.00. The van der Waals surface area contributed by atoms with Crippen LogP contribution in [0.3, 0.4) is 0 Å². The highest BCUT2D eigenvalue weighted by Gasteiger charge is 2.47. The Labute approximate surface area is 89.3 Å². The zero-order chi connectivity index (χ0) is 9.71. The Kier molecular flexibility index (Phi) is 1.96. The van der Waals surface area contributed by atoms with Crippen LogP contribution in [0.4, 0.5) is 0 Å².